The van der Waals surface area contributed by atoms with Crippen LogP contribution in [0.4, 0.5) is 0 Å². The van der Waals surface area contributed by atoms with Gasteiger partial charge in [-0.25, -0.2) is 0 Å². The number of nitrogens with one attached hydrogen (secondary N) is 1. The summed E-state index contributed by atoms with van der Waals surface area (Å²) in [6.45, 7) is 10.8. The molecule has 1 heterocycles. The molecule has 1 aromatic heterocycles. The Morgan fingerprint density at radius 1 is 1.37 bits per heavy atom. The number of hydrogen-bond donors (Lipinski definition) is 1. The van der Waals surface area contributed by atoms with Crippen LogP contribution in [-0.4, -0.2) is 23.2 Å². The van der Waals surface area contributed by atoms with Gasteiger partial charge < -0.3 is 9.84 Å². The van der Waals surface area contributed by atoms with Crippen LogP contribution in [0.15, 0.2) is 4.52 Å². The van der Waals surface area contributed by atoms with Gasteiger partial charge in [-0.05, 0) is 37.6 Å². The molecule has 0 saturated heterocycles. The SMILES string of the molecule is CCNCC(C)c1nc(C2CCC(C)(C)CC2)no1. The van der Waals surface area contributed by atoms with Gasteiger partial charge in [-0.15, -0.1) is 0 Å². The fraction of sp³-hybridized carbons (Fsp3) is 0.867. The molecule has 1 N–H and O–H groups in total. The molecular weight excluding hydrogens is 238 g/mol. The first-order valence-electron chi connectivity index (χ1n) is 7.56. The Bertz CT molecular complexity index is 390. The molecule has 0 radical (unpaired) electrons. The van der Waals surface area contributed by atoms with Crippen molar-refractivity contribution < 1.29 is 4.52 Å². The molecule has 2 rings (SSSR count). The van der Waals surface area contributed by atoms with E-state index < -0.39 is 0 Å². The molecule has 1 saturated carbocycles. The minimum absolute atomic E-state index is 0.293. The summed E-state index contributed by atoms with van der Waals surface area (Å²) in [5, 5.41) is 7.52. The van der Waals surface area contributed by atoms with Crippen molar-refractivity contribution in [3.05, 3.63) is 11.7 Å². The Morgan fingerprint density at radius 2 is 2.05 bits per heavy atom. The average molecular weight is 265 g/mol. The van der Waals surface area contributed by atoms with Crippen LogP contribution in [0, 0.1) is 5.41 Å². The molecule has 0 aromatic carbocycles. The second-order valence-electron chi connectivity index (χ2n) is 6.64. The van der Waals surface area contributed by atoms with Crippen LogP contribution in [0.3, 0.4) is 0 Å². The minimum Gasteiger partial charge on any atom is -0.339 e. The zero-order chi connectivity index (χ0) is 13.9. The minimum atomic E-state index is 0.293. The third-order valence-corrected chi connectivity index (χ3v) is 4.28. The van der Waals surface area contributed by atoms with Crippen LogP contribution in [0.5, 0.6) is 0 Å². The van der Waals surface area contributed by atoms with Crippen LogP contribution in [0.1, 0.15) is 76.9 Å². The molecule has 0 bridgehead atoms. The predicted molar refractivity (Wildman–Crippen MR) is 76.2 cm³/mol. The van der Waals surface area contributed by atoms with Gasteiger partial charge in [0, 0.05) is 18.4 Å². The number of aromatic nitrogens is 2. The van der Waals surface area contributed by atoms with Gasteiger partial charge in [0.15, 0.2) is 5.82 Å². The zero-order valence-electron chi connectivity index (χ0n) is 12.7. The van der Waals surface area contributed by atoms with Crippen molar-refractivity contribution in [2.75, 3.05) is 13.1 Å². The summed E-state index contributed by atoms with van der Waals surface area (Å²) in [7, 11) is 0. The average Bonchev–Trinajstić information content (AvgIpc) is 2.85. The summed E-state index contributed by atoms with van der Waals surface area (Å²) in [6, 6.07) is 0. The normalized spacial score (nSPS) is 21.5. The molecule has 1 aliphatic carbocycles. The standard InChI is InChI=1S/C15H27N3O/c1-5-16-10-11(2)14-17-13(18-19-14)12-6-8-15(3,4)9-7-12/h11-12,16H,5-10H2,1-4H3. The van der Waals surface area contributed by atoms with E-state index in [1.165, 1.54) is 25.7 Å². The number of rotatable bonds is 5. The van der Waals surface area contributed by atoms with E-state index in [-0.39, 0.29) is 0 Å². The lowest BCUT2D eigenvalue weighted by atomic mass is 9.73. The highest BCUT2D eigenvalue weighted by Gasteiger charge is 2.30. The van der Waals surface area contributed by atoms with E-state index in [0.717, 1.165) is 24.8 Å². The highest BCUT2D eigenvalue weighted by Crippen LogP contribution is 2.41. The van der Waals surface area contributed by atoms with E-state index in [1.807, 2.05) is 0 Å². The Labute approximate surface area is 116 Å². The Balaban J connectivity index is 1.94. The maximum Gasteiger partial charge on any atom is 0.230 e. The molecule has 1 aliphatic rings. The van der Waals surface area contributed by atoms with Gasteiger partial charge in [-0.3, -0.25) is 0 Å². The van der Waals surface area contributed by atoms with E-state index in [9.17, 15) is 0 Å². The summed E-state index contributed by atoms with van der Waals surface area (Å²) in [5.41, 5.74) is 0.488. The quantitative estimate of drug-likeness (QED) is 0.885. The van der Waals surface area contributed by atoms with Crippen LogP contribution in [0.2, 0.25) is 0 Å². The number of likely N-dealkylation sites (N-methyl/N-ethyl adjacent to an activating group) is 1. The van der Waals surface area contributed by atoms with Crippen LogP contribution < -0.4 is 5.32 Å². The van der Waals surface area contributed by atoms with Crippen LogP contribution in [-0.2, 0) is 0 Å². The molecule has 0 spiro atoms. The topological polar surface area (TPSA) is 51.0 Å². The highest BCUT2D eigenvalue weighted by molar-refractivity contribution is 5.01. The fourth-order valence-electron chi connectivity index (χ4n) is 2.72. The Morgan fingerprint density at radius 3 is 2.68 bits per heavy atom. The second-order valence-corrected chi connectivity index (χ2v) is 6.64. The lowest BCUT2D eigenvalue weighted by Crippen LogP contribution is -2.21. The van der Waals surface area contributed by atoms with Gasteiger partial charge in [0.1, 0.15) is 0 Å². The molecule has 1 unspecified atom stereocenters. The summed E-state index contributed by atoms with van der Waals surface area (Å²) >= 11 is 0. The summed E-state index contributed by atoms with van der Waals surface area (Å²) in [4.78, 5) is 4.62. The largest absolute Gasteiger partial charge is 0.339 e. The molecule has 1 aromatic rings. The van der Waals surface area contributed by atoms with Gasteiger partial charge in [0.05, 0.1) is 0 Å². The smallest absolute Gasteiger partial charge is 0.230 e. The van der Waals surface area contributed by atoms with E-state index in [0.29, 0.717) is 17.3 Å². The van der Waals surface area contributed by atoms with E-state index >= 15 is 0 Å². The summed E-state index contributed by atoms with van der Waals surface area (Å²) in [5.74, 6) is 2.49. The van der Waals surface area contributed by atoms with Crippen molar-refractivity contribution in [2.45, 2.75) is 65.2 Å². The van der Waals surface area contributed by atoms with Crippen molar-refractivity contribution in [3.8, 4) is 0 Å². The van der Waals surface area contributed by atoms with E-state index in [1.54, 1.807) is 0 Å². The lowest BCUT2D eigenvalue weighted by molar-refractivity contribution is 0.218. The van der Waals surface area contributed by atoms with Gasteiger partial charge in [-0.2, -0.15) is 4.98 Å². The first kappa shape index (κ1) is 14.5. The monoisotopic (exact) mass is 265 g/mol. The fourth-order valence-corrected chi connectivity index (χ4v) is 2.72. The van der Waals surface area contributed by atoms with Crippen LogP contribution in [0.25, 0.3) is 0 Å². The van der Waals surface area contributed by atoms with Gasteiger partial charge in [0.2, 0.25) is 5.89 Å². The second kappa shape index (κ2) is 6.04. The van der Waals surface area contributed by atoms with Crippen molar-refractivity contribution in [3.63, 3.8) is 0 Å². The Kier molecular flexibility index (Phi) is 4.61. The van der Waals surface area contributed by atoms with Gasteiger partial charge in [0.25, 0.3) is 0 Å². The summed E-state index contributed by atoms with van der Waals surface area (Å²) in [6.07, 6.45) is 4.89. The first-order chi connectivity index (χ1) is 9.02. The number of nitrogens with zero attached hydrogens (tertiary/aromatic N) is 2. The maximum absolute atomic E-state index is 5.43. The maximum atomic E-state index is 5.43. The van der Waals surface area contributed by atoms with Crippen molar-refractivity contribution in [2.24, 2.45) is 5.41 Å². The molecule has 4 nitrogen and oxygen atoms in total. The van der Waals surface area contributed by atoms with Crippen molar-refractivity contribution in [1.29, 1.82) is 0 Å². The van der Waals surface area contributed by atoms with Gasteiger partial charge in [-0.1, -0.05) is 32.9 Å². The molecule has 0 amide bonds. The zero-order valence-corrected chi connectivity index (χ0v) is 12.7. The van der Waals surface area contributed by atoms with Crippen molar-refractivity contribution >= 4 is 0 Å². The molecule has 1 atom stereocenters. The predicted octanol–water partition coefficient (Wildman–Crippen LogP) is 3.47. The molecule has 108 valence electrons. The molecule has 0 aliphatic heterocycles. The van der Waals surface area contributed by atoms with E-state index in [2.05, 4.69) is 43.2 Å². The number of hydrogen-bond acceptors (Lipinski definition) is 4. The van der Waals surface area contributed by atoms with Crippen LogP contribution >= 0.6 is 0 Å². The first-order valence-corrected chi connectivity index (χ1v) is 7.56. The third-order valence-electron chi connectivity index (χ3n) is 4.28. The molecule has 4 heteroatoms. The van der Waals surface area contributed by atoms with Crippen molar-refractivity contribution in [1.82, 2.24) is 15.5 Å². The van der Waals surface area contributed by atoms with E-state index in [4.69, 9.17) is 4.52 Å². The molecule has 1 fully saturated rings. The Hall–Kier alpha value is -0.900. The van der Waals surface area contributed by atoms with Gasteiger partial charge >= 0.3 is 0 Å². The highest BCUT2D eigenvalue weighted by atomic mass is 16.5. The molecule has 19 heavy (non-hydrogen) atoms. The molecular formula is C15H27N3O. The third kappa shape index (κ3) is 3.78. The summed E-state index contributed by atoms with van der Waals surface area (Å²) < 4.78 is 5.43. The lowest BCUT2D eigenvalue weighted by Gasteiger charge is -2.32.